The van der Waals surface area contributed by atoms with Crippen LogP contribution in [0.2, 0.25) is 0 Å². The maximum atomic E-state index is 14.0. The van der Waals surface area contributed by atoms with Crippen LogP contribution in [0.4, 0.5) is 0 Å². The molecule has 3 heterocycles. The minimum absolute atomic E-state index is 0.169. The number of hydrogen-bond donors (Lipinski definition) is 3. The van der Waals surface area contributed by atoms with E-state index in [0.717, 1.165) is 42.1 Å². The molecule has 2 aliphatic heterocycles. The zero-order valence-corrected chi connectivity index (χ0v) is 27.4. The first-order valence-corrected chi connectivity index (χ1v) is 16.7. The molecule has 11 heteroatoms. The number of rotatable bonds is 11. The Morgan fingerprint density at radius 2 is 1.68 bits per heavy atom. The van der Waals surface area contributed by atoms with Gasteiger partial charge in [0.05, 0.1) is 5.52 Å². The van der Waals surface area contributed by atoms with Crippen LogP contribution in [0.25, 0.3) is 10.9 Å². The van der Waals surface area contributed by atoms with E-state index in [0.29, 0.717) is 45.1 Å². The smallest absolute Gasteiger partial charge is 0.246 e. The lowest BCUT2D eigenvalue weighted by molar-refractivity contribution is -0.147. The maximum absolute atomic E-state index is 14.0. The highest BCUT2D eigenvalue weighted by Crippen LogP contribution is 2.26. The molecule has 2 unspecified atom stereocenters. The Hall–Kier alpha value is -3.26. The molecule has 6 atom stereocenters. The zero-order chi connectivity index (χ0) is 31.8. The van der Waals surface area contributed by atoms with Gasteiger partial charge in [0.25, 0.3) is 0 Å². The molecule has 1 aromatic heterocycles. The molecule has 3 N–H and O–H groups in total. The van der Waals surface area contributed by atoms with Crippen LogP contribution in [0.1, 0.15) is 90.5 Å². The lowest BCUT2D eigenvalue weighted by Gasteiger charge is -2.39. The summed E-state index contributed by atoms with van der Waals surface area (Å²) in [5.74, 6) is -1.39. The van der Waals surface area contributed by atoms with Crippen LogP contribution in [0.5, 0.6) is 0 Å². The molecular weight excluding hydrogens is 577 g/mol. The van der Waals surface area contributed by atoms with Gasteiger partial charge in [-0.15, -0.1) is 0 Å². The number of hydrogen-bond acceptors (Lipinski definition) is 5. The highest BCUT2D eigenvalue weighted by Gasteiger charge is 2.40. The van der Waals surface area contributed by atoms with E-state index in [-0.39, 0.29) is 29.9 Å². The summed E-state index contributed by atoms with van der Waals surface area (Å²) in [4.78, 5) is 68.9. The van der Waals surface area contributed by atoms with Crippen LogP contribution >= 0.6 is 9.39 Å². The number of aromatic nitrogens is 1. The van der Waals surface area contributed by atoms with Gasteiger partial charge in [0.15, 0.2) is 0 Å². The lowest BCUT2D eigenvalue weighted by atomic mass is 9.93. The number of nitrogens with one attached hydrogen (secondary N) is 3. The average molecular weight is 626 g/mol. The van der Waals surface area contributed by atoms with E-state index in [4.69, 9.17) is 0 Å². The SMILES string of the molecule is CCC(=O)CCCCC[C@H]1NC(=O)[C@H]2CCCCN2C(=O)[C@@H](C(C)CC)NC(=O)[C@@H](Cc2cn(P)c3ccccc23)NC1=O. The fourth-order valence-corrected chi connectivity index (χ4v) is 6.69. The minimum atomic E-state index is -0.962. The summed E-state index contributed by atoms with van der Waals surface area (Å²) in [7, 11) is 2.65. The number of nitrogens with zero attached hydrogens (tertiary/aromatic N) is 2. The largest absolute Gasteiger partial charge is 0.343 e. The number of unbranched alkanes of at least 4 members (excludes halogenated alkanes) is 2. The highest BCUT2D eigenvalue weighted by atomic mass is 31.0. The number of benzene rings is 1. The van der Waals surface area contributed by atoms with Crippen molar-refractivity contribution in [1.29, 1.82) is 0 Å². The molecule has 0 bridgehead atoms. The van der Waals surface area contributed by atoms with Crippen molar-refractivity contribution in [1.82, 2.24) is 25.2 Å². The third-order valence-corrected chi connectivity index (χ3v) is 9.65. The second-order valence-corrected chi connectivity index (χ2v) is 12.9. The summed E-state index contributed by atoms with van der Waals surface area (Å²) < 4.78 is 1.91. The number of ketones is 1. The van der Waals surface area contributed by atoms with Crippen molar-refractivity contribution >= 4 is 49.7 Å². The molecule has 44 heavy (non-hydrogen) atoms. The number of fused-ring (bicyclic) bond motifs is 2. The van der Waals surface area contributed by atoms with Crippen molar-refractivity contribution in [3.63, 3.8) is 0 Å². The quantitative estimate of drug-likeness (QED) is 0.259. The standard InChI is InChI=1S/C33H48N5O5P/c1-4-21(3)29-33(43)37-18-12-11-17-28(37)32(42)34-25(15-8-6-7-13-23(39)5-2)30(40)35-26(31(41)36-29)19-22-20-38(44)27-16-10-9-14-24(22)27/h9-10,14,16,20-21,25-26,28-29H,4-8,11-13,15,17-19,44H2,1-3H3,(H,34,42)(H,35,40)(H,36,41)/t21?,25-,26-,28-,29-/m1/s1. The molecule has 0 radical (unpaired) electrons. The molecule has 10 nitrogen and oxygen atoms in total. The Kier molecular flexibility index (Phi) is 12.0. The first-order chi connectivity index (χ1) is 21.1. The van der Waals surface area contributed by atoms with Gasteiger partial charge in [0, 0.05) is 37.4 Å². The number of piperidine rings is 1. The van der Waals surface area contributed by atoms with Crippen LogP contribution in [-0.2, 0) is 30.4 Å². The van der Waals surface area contributed by atoms with E-state index in [9.17, 15) is 24.0 Å². The van der Waals surface area contributed by atoms with Crippen molar-refractivity contribution < 1.29 is 24.0 Å². The Bertz CT molecular complexity index is 1360. The topological polar surface area (TPSA) is 130 Å². The van der Waals surface area contributed by atoms with Gasteiger partial charge in [-0.2, -0.15) is 0 Å². The summed E-state index contributed by atoms with van der Waals surface area (Å²) in [6.45, 7) is 6.17. The minimum Gasteiger partial charge on any atom is -0.343 e. The first-order valence-electron chi connectivity index (χ1n) is 16.2. The van der Waals surface area contributed by atoms with Crippen LogP contribution in [0.15, 0.2) is 30.5 Å². The normalized spacial score (nSPS) is 24.0. The van der Waals surface area contributed by atoms with E-state index in [1.807, 2.05) is 55.6 Å². The molecular formula is C33H48N5O5P. The molecule has 4 rings (SSSR count). The van der Waals surface area contributed by atoms with Gasteiger partial charge in [0.2, 0.25) is 23.6 Å². The van der Waals surface area contributed by atoms with Gasteiger partial charge in [-0.25, -0.2) is 0 Å². The van der Waals surface area contributed by atoms with Crippen molar-refractivity contribution in [3.8, 4) is 0 Å². The molecule has 0 spiro atoms. The average Bonchev–Trinajstić information content (AvgIpc) is 3.35. The van der Waals surface area contributed by atoms with Crippen LogP contribution in [0.3, 0.4) is 0 Å². The second kappa shape index (κ2) is 15.6. The molecule has 2 aromatic rings. The molecule has 2 aliphatic rings. The number of Topliss-reactive ketones (excluding diaryl/α,β-unsaturated/α-hetero) is 1. The van der Waals surface area contributed by atoms with Gasteiger partial charge in [-0.3, -0.25) is 24.0 Å². The van der Waals surface area contributed by atoms with Gasteiger partial charge in [-0.05, 0) is 59.0 Å². The molecule has 4 amide bonds. The van der Waals surface area contributed by atoms with Crippen molar-refractivity contribution in [2.24, 2.45) is 5.92 Å². The summed E-state index contributed by atoms with van der Waals surface area (Å²) >= 11 is 0. The van der Waals surface area contributed by atoms with Crippen molar-refractivity contribution in [2.75, 3.05) is 6.54 Å². The van der Waals surface area contributed by atoms with E-state index in [1.54, 1.807) is 4.90 Å². The molecule has 0 aliphatic carbocycles. The third kappa shape index (κ3) is 8.06. The fraction of sp³-hybridized carbons (Fsp3) is 0.606. The number of amides is 4. The Morgan fingerprint density at radius 1 is 0.955 bits per heavy atom. The van der Waals surface area contributed by atoms with Gasteiger partial charge in [0.1, 0.15) is 30.0 Å². The van der Waals surface area contributed by atoms with E-state index in [1.165, 1.54) is 0 Å². The Balaban J connectivity index is 1.65. The predicted molar refractivity (Wildman–Crippen MR) is 174 cm³/mol. The van der Waals surface area contributed by atoms with Crippen molar-refractivity contribution in [3.05, 3.63) is 36.0 Å². The van der Waals surface area contributed by atoms with Gasteiger partial charge >= 0.3 is 0 Å². The Morgan fingerprint density at radius 3 is 2.43 bits per heavy atom. The lowest BCUT2D eigenvalue weighted by Crippen LogP contribution is -2.64. The molecule has 240 valence electrons. The maximum Gasteiger partial charge on any atom is 0.246 e. The van der Waals surface area contributed by atoms with E-state index >= 15 is 0 Å². The number of carbonyl (C=O) groups excluding carboxylic acids is 5. The van der Waals surface area contributed by atoms with Gasteiger partial charge < -0.3 is 25.2 Å². The van der Waals surface area contributed by atoms with Crippen LogP contribution < -0.4 is 16.0 Å². The third-order valence-electron chi connectivity index (χ3n) is 9.22. The van der Waals surface area contributed by atoms with E-state index < -0.39 is 36.0 Å². The number of para-hydroxylation sites is 1. The summed E-state index contributed by atoms with van der Waals surface area (Å²) in [6, 6.07) is 4.50. The molecule has 2 fully saturated rings. The fourth-order valence-electron chi connectivity index (χ4n) is 6.29. The van der Waals surface area contributed by atoms with Gasteiger partial charge in [-0.1, -0.05) is 58.2 Å². The summed E-state index contributed by atoms with van der Waals surface area (Å²) in [5, 5.41) is 9.87. The van der Waals surface area contributed by atoms with Crippen molar-refractivity contribution in [2.45, 2.75) is 116 Å². The molecule has 0 saturated carbocycles. The van der Waals surface area contributed by atoms with E-state index in [2.05, 4.69) is 25.3 Å². The highest BCUT2D eigenvalue weighted by molar-refractivity contribution is 7.14. The zero-order valence-electron chi connectivity index (χ0n) is 26.3. The van der Waals surface area contributed by atoms with Crippen LogP contribution in [0, 0.1) is 5.92 Å². The second-order valence-electron chi connectivity index (χ2n) is 12.3. The first kappa shape index (κ1) is 33.6. The Labute approximate surface area is 262 Å². The van der Waals surface area contributed by atoms with Crippen LogP contribution in [-0.4, -0.2) is 69.4 Å². The molecule has 2 saturated heterocycles. The predicted octanol–water partition coefficient (Wildman–Crippen LogP) is 3.65. The molecule has 1 aromatic carbocycles. The monoisotopic (exact) mass is 625 g/mol. The summed E-state index contributed by atoms with van der Waals surface area (Å²) in [6.07, 6.45) is 8.37. The summed E-state index contributed by atoms with van der Waals surface area (Å²) in [5.41, 5.74) is 1.86. The number of carbonyl (C=O) groups is 5.